The van der Waals surface area contributed by atoms with Crippen molar-refractivity contribution in [3.63, 3.8) is 0 Å². The number of nitrogens with zero attached hydrogens (tertiary/aromatic N) is 1. The largest absolute Gasteiger partial charge is 0.351 e. The zero-order chi connectivity index (χ0) is 17.4. The van der Waals surface area contributed by atoms with Gasteiger partial charge in [0.15, 0.2) is 0 Å². The molecule has 8 nitrogen and oxygen atoms in total. The minimum atomic E-state index is -1.88. The van der Waals surface area contributed by atoms with Crippen LogP contribution in [0.25, 0.3) is 0 Å². The molecule has 1 aromatic rings. The van der Waals surface area contributed by atoms with Crippen LogP contribution in [0.5, 0.6) is 0 Å². The van der Waals surface area contributed by atoms with E-state index in [0.717, 1.165) is 18.2 Å². The minimum Gasteiger partial charge on any atom is -0.351 e. The summed E-state index contributed by atoms with van der Waals surface area (Å²) in [5.41, 5.74) is 2.49. The number of carbonyl (C=O) groups excluding carboxylic acids is 4. The molecule has 6 amide bonds. The summed E-state index contributed by atoms with van der Waals surface area (Å²) in [5.74, 6) is -3.66. The number of amides is 6. The molecular weight excluding hydrogens is 314 g/mol. The maximum atomic E-state index is 13.9. The first-order valence-electron chi connectivity index (χ1n) is 6.34. The Balaban J connectivity index is 2.31. The number of nitrogens with two attached hydrogens (primary N) is 1. The van der Waals surface area contributed by atoms with Crippen molar-refractivity contribution >= 4 is 23.9 Å². The summed E-state index contributed by atoms with van der Waals surface area (Å²) in [6.07, 6.45) is 0. The lowest BCUT2D eigenvalue weighted by atomic mass is 9.91. The SMILES string of the molecule is CC1(c2cc(F)ccc2F)NC(=O)N(CC(=O)NC(N)=O)C1=O. The molecule has 23 heavy (non-hydrogen) atoms. The zero-order valence-corrected chi connectivity index (χ0v) is 11.9. The Morgan fingerprint density at radius 2 is 2.00 bits per heavy atom. The van der Waals surface area contributed by atoms with Crippen LogP contribution in [0.1, 0.15) is 12.5 Å². The second-order valence-electron chi connectivity index (χ2n) is 4.98. The predicted octanol–water partition coefficient (Wildman–Crippen LogP) is -0.0733. The Kier molecular flexibility index (Phi) is 4.00. The van der Waals surface area contributed by atoms with Crippen molar-refractivity contribution in [3.8, 4) is 0 Å². The Labute approximate surface area is 128 Å². The minimum absolute atomic E-state index is 0.381. The van der Waals surface area contributed by atoms with E-state index in [2.05, 4.69) is 5.32 Å². The van der Waals surface area contributed by atoms with Gasteiger partial charge < -0.3 is 11.1 Å². The van der Waals surface area contributed by atoms with Gasteiger partial charge in [-0.05, 0) is 25.1 Å². The molecule has 1 heterocycles. The van der Waals surface area contributed by atoms with Crippen LogP contribution in [-0.4, -0.2) is 35.3 Å². The van der Waals surface area contributed by atoms with Crippen molar-refractivity contribution < 1.29 is 28.0 Å². The zero-order valence-electron chi connectivity index (χ0n) is 11.9. The Morgan fingerprint density at radius 1 is 1.35 bits per heavy atom. The Morgan fingerprint density at radius 3 is 2.61 bits per heavy atom. The average Bonchev–Trinajstić information content (AvgIpc) is 2.65. The van der Waals surface area contributed by atoms with Gasteiger partial charge >= 0.3 is 12.1 Å². The molecule has 1 aromatic carbocycles. The molecule has 1 saturated heterocycles. The van der Waals surface area contributed by atoms with E-state index in [4.69, 9.17) is 5.73 Å². The van der Waals surface area contributed by atoms with E-state index in [1.165, 1.54) is 6.92 Å². The number of primary amides is 1. The monoisotopic (exact) mass is 326 g/mol. The average molecular weight is 326 g/mol. The number of rotatable bonds is 3. The summed E-state index contributed by atoms with van der Waals surface area (Å²) in [6.45, 7) is 0.386. The molecule has 0 saturated carbocycles. The van der Waals surface area contributed by atoms with Crippen LogP contribution < -0.4 is 16.4 Å². The van der Waals surface area contributed by atoms with Crippen LogP contribution in [0, 0.1) is 11.6 Å². The van der Waals surface area contributed by atoms with Crippen molar-refractivity contribution in [2.75, 3.05) is 6.54 Å². The third-order valence-corrected chi connectivity index (χ3v) is 3.31. The molecule has 0 spiro atoms. The number of hydrogen-bond donors (Lipinski definition) is 3. The molecule has 0 aromatic heterocycles. The van der Waals surface area contributed by atoms with Gasteiger partial charge in [-0.25, -0.2) is 18.4 Å². The molecule has 4 N–H and O–H groups in total. The lowest BCUT2D eigenvalue weighted by molar-refractivity contribution is -0.134. The Hall–Kier alpha value is -3.04. The molecule has 10 heteroatoms. The third kappa shape index (κ3) is 2.96. The smallest absolute Gasteiger partial charge is 0.325 e. The van der Waals surface area contributed by atoms with Crippen molar-refractivity contribution in [2.24, 2.45) is 5.73 Å². The highest BCUT2D eigenvalue weighted by atomic mass is 19.1. The van der Waals surface area contributed by atoms with Gasteiger partial charge in [-0.15, -0.1) is 0 Å². The van der Waals surface area contributed by atoms with Crippen LogP contribution >= 0.6 is 0 Å². The van der Waals surface area contributed by atoms with E-state index in [-0.39, 0.29) is 5.56 Å². The molecule has 0 aliphatic carbocycles. The normalized spacial score (nSPS) is 20.4. The van der Waals surface area contributed by atoms with Crippen LogP contribution in [0.15, 0.2) is 18.2 Å². The number of imide groups is 2. The van der Waals surface area contributed by atoms with E-state index in [1.54, 1.807) is 5.32 Å². The van der Waals surface area contributed by atoms with E-state index < -0.39 is 47.6 Å². The van der Waals surface area contributed by atoms with Gasteiger partial charge in [0.05, 0.1) is 0 Å². The van der Waals surface area contributed by atoms with E-state index in [1.807, 2.05) is 0 Å². The van der Waals surface area contributed by atoms with Crippen molar-refractivity contribution in [1.82, 2.24) is 15.5 Å². The summed E-state index contributed by atoms with van der Waals surface area (Å²) in [4.78, 5) is 46.7. The summed E-state index contributed by atoms with van der Waals surface area (Å²) in [5, 5.41) is 3.90. The van der Waals surface area contributed by atoms with E-state index >= 15 is 0 Å². The van der Waals surface area contributed by atoms with Gasteiger partial charge in [0.25, 0.3) is 5.91 Å². The first-order valence-corrected chi connectivity index (χ1v) is 6.34. The highest BCUT2D eigenvalue weighted by Gasteiger charge is 2.50. The number of halogens is 2. The first kappa shape index (κ1) is 16.3. The van der Waals surface area contributed by atoms with Crippen LogP contribution in [0.3, 0.4) is 0 Å². The molecular formula is C13H12F2N4O4. The third-order valence-electron chi connectivity index (χ3n) is 3.31. The Bertz CT molecular complexity index is 724. The standard InChI is InChI=1S/C13H12F2N4O4/c1-13(7-4-6(14)2-3-8(7)15)10(21)19(12(23)18-13)5-9(20)17-11(16)22/h2-4H,5H2,1H3,(H,18,23)(H3,16,17,20,22). The van der Waals surface area contributed by atoms with Gasteiger partial charge in [-0.3, -0.25) is 19.8 Å². The molecule has 1 fully saturated rings. The summed E-state index contributed by atoms with van der Waals surface area (Å²) >= 11 is 0. The predicted molar refractivity (Wildman–Crippen MR) is 71.7 cm³/mol. The first-order chi connectivity index (χ1) is 10.6. The van der Waals surface area contributed by atoms with Crippen molar-refractivity contribution in [1.29, 1.82) is 0 Å². The fraction of sp³-hybridized carbons (Fsp3) is 0.231. The lowest BCUT2D eigenvalue weighted by Crippen LogP contribution is -2.45. The molecule has 122 valence electrons. The fourth-order valence-electron chi connectivity index (χ4n) is 2.22. The summed E-state index contributed by atoms with van der Waals surface area (Å²) in [6, 6.07) is 0.321. The highest BCUT2D eigenvalue weighted by Crippen LogP contribution is 2.31. The van der Waals surface area contributed by atoms with Gasteiger partial charge in [-0.1, -0.05) is 0 Å². The number of benzene rings is 1. The molecule has 1 unspecified atom stereocenters. The lowest BCUT2D eigenvalue weighted by Gasteiger charge is -2.22. The number of carbonyl (C=O) groups is 4. The molecule has 2 rings (SSSR count). The van der Waals surface area contributed by atoms with Crippen molar-refractivity contribution in [3.05, 3.63) is 35.4 Å². The topological polar surface area (TPSA) is 122 Å². The summed E-state index contributed by atoms with van der Waals surface area (Å²) < 4.78 is 27.2. The maximum Gasteiger partial charge on any atom is 0.325 e. The number of nitrogens with one attached hydrogen (secondary N) is 2. The quantitative estimate of drug-likeness (QED) is 0.673. The van der Waals surface area contributed by atoms with Crippen LogP contribution in [0.2, 0.25) is 0 Å². The summed E-state index contributed by atoms with van der Waals surface area (Å²) in [7, 11) is 0. The van der Waals surface area contributed by atoms with Gasteiger partial charge in [0, 0.05) is 5.56 Å². The fourth-order valence-corrected chi connectivity index (χ4v) is 2.22. The van der Waals surface area contributed by atoms with E-state index in [0.29, 0.717) is 4.90 Å². The second kappa shape index (κ2) is 5.63. The second-order valence-corrected chi connectivity index (χ2v) is 4.98. The van der Waals surface area contributed by atoms with E-state index in [9.17, 15) is 28.0 Å². The molecule has 1 aliphatic rings. The van der Waals surface area contributed by atoms with Crippen molar-refractivity contribution in [2.45, 2.75) is 12.5 Å². The number of hydrogen-bond acceptors (Lipinski definition) is 4. The molecule has 0 radical (unpaired) electrons. The van der Waals surface area contributed by atoms with Gasteiger partial charge in [-0.2, -0.15) is 0 Å². The highest BCUT2D eigenvalue weighted by molar-refractivity contribution is 6.10. The van der Waals surface area contributed by atoms with Crippen LogP contribution in [0.4, 0.5) is 18.4 Å². The number of urea groups is 2. The van der Waals surface area contributed by atoms with Gasteiger partial charge in [0.2, 0.25) is 5.91 Å². The van der Waals surface area contributed by atoms with Crippen LogP contribution in [-0.2, 0) is 15.1 Å². The molecule has 1 atom stereocenters. The molecule has 0 bridgehead atoms. The van der Waals surface area contributed by atoms with Gasteiger partial charge in [0.1, 0.15) is 23.7 Å². The maximum absolute atomic E-state index is 13.9. The molecule has 1 aliphatic heterocycles.